The molecule has 4 rings (SSSR count). The second-order valence-corrected chi connectivity index (χ2v) is 6.83. The highest BCUT2D eigenvalue weighted by atomic mass is 16.5. The maximum absolute atomic E-state index is 12.2. The Hall–Kier alpha value is -2.22. The number of hydrogen-bond donors (Lipinski definition) is 1. The van der Waals surface area contributed by atoms with Gasteiger partial charge < -0.3 is 14.4 Å². The summed E-state index contributed by atoms with van der Waals surface area (Å²) in [5, 5.41) is 7.35. The number of ether oxygens (including phenoxy) is 2. The molecule has 2 atom stereocenters. The summed E-state index contributed by atoms with van der Waals surface area (Å²) in [6, 6.07) is 10.3. The third-order valence-corrected chi connectivity index (χ3v) is 5.16. The van der Waals surface area contributed by atoms with E-state index in [1.807, 2.05) is 29.3 Å². The van der Waals surface area contributed by atoms with Crippen LogP contribution in [0.25, 0.3) is 11.3 Å². The van der Waals surface area contributed by atoms with E-state index >= 15 is 0 Å². The Morgan fingerprint density at radius 1 is 1.31 bits per heavy atom. The van der Waals surface area contributed by atoms with Crippen molar-refractivity contribution in [3.05, 3.63) is 42.1 Å². The number of nitrogens with one attached hydrogen (secondary N) is 1. The summed E-state index contributed by atoms with van der Waals surface area (Å²) >= 11 is 0. The lowest BCUT2D eigenvalue weighted by Crippen LogP contribution is -2.54. The van der Waals surface area contributed by atoms with Gasteiger partial charge in [0.15, 0.2) is 0 Å². The average Bonchev–Trinajstić information content (AvgIpc) is 3.28. The fraction of sp³-hybridized carbons (Fsp3) is 0.474. The Bertz CT molecular complexity index is 748. The second kappa shape index (κ2) is 7.57. The van der Waals surface area contributed by atoms with Gasteiger partial charge in [-0.3, -0.25) is 14.8 Å². The molecule has 26 heavy (non-hydrogen) atoms. The number of benzene rings is 1. The molecule has 7 heteroatoms. The van der Waals surface area contributed by atoms with Gasteiger partial charge in [-0.2, -0.15) is 5.10 Å². The molecule has 0 radical (unpaired) electrons. The lowest BCUT2D eigenvalue weighted by atomic mass is 10.1. The Morgan fingerprint density at radius 3 is 2.96 bits per heavy atom. The zero-order valence-electron chi connectivity index (χ0n) is 14.9. The monoisotopic (exact) mass is 356 g/mol. The molecule has 0 saturated carbocycles. The Balaban J connectivity index is 1.47. The summed E-state index contributed by atoms with van der Waals surface area (Å²) < 4.78 is 10.9. The van der Waals surface area contributed by atoms with Crippen LogP contribution in [0.5, 0.6) is 0 Å². The highest BCUT2D eigenvalue weighted by molar-refractivity contribution is 5.78. The van der Waals surface area contributed by atoms with Crippen LogP contribution in [0.4, 0.5) is 0 Å². The van der Waals surface area contributed by atoms with E-state index in [2.05, 4.69) is 27.2 Å². The number of carbonyl (C=O) groups is 1. The molecule has 1 aromatic heterocycles. The van der Waals surface area contributed by atoms with Crippen molar-refractivity contribution in [2.45, 2.75) is 18.7 Å². The van der Waals surface area contributed by atoms with Crippen molar-refractivity contribution in [2.75, 3.05) is 40.0 Å². The number of morpholine rings is 1. The molecular formula is C19H24N4O3. The van der Waals surface area contributed by atoms with E-state index in [-0.39, 0.29) is 24.7 Å². The van der Waals surface area contributed by atoms with Crippen molar-refractivity contribution >= 4 is 5.91 Å². The molecule has 2 aliphatic rings. The predicted octanol–water partition coefficient (Wildman–Crippen LogP) is 1.13. The van der Waals surface area contributed by atoms with Gasteiger partial charge in [0.1, 0.15) is 6.61 Å². The first-order valence-electron chi connectivity index (χ1n) is 8.96. The van der Waals surface area contributed by atoms with Crippen molar-refractivity contribution in [3.63, 3.8) is 0 Å². The SMILES string of the molecule is COCCN1C(=O)CO[C@H]2CN(Cc3cn[nH]c3-c3ccccc3)C[C@@H]21. The summed E-state index contributed by atoms with van der Waals surface area (Å²) in [5.41, 5.74) is 3.34. The van der Waals surface area contributed by atoms with Crippen LogP contribution in [-0.4, -0.2) is 78.0 Å². The molecular weight excluding hydrogens is 332 g/mol. The van der Waals surface area contributed by atoms with Crippen molar-refractivity contribution in [1.82, 2.24) is 20.0 Å². The number of hydrogen-bond acceptors (Lipinski definition) is 5. The fourth-order valence-corrected chi connectivity index (χ4v) is 3.88. The highest BCUT2D eigenvalue weighted by Gasteiger charge is 2.42. The van der Waals surface area contributed by atoms with Gasteiger partial charge in [-0.1, -0.05) is 30.3 Å². The van der Waals surface area contributed by atoms with Crippen molar-refractivity contribution in [2.24, 2.45) is 0 Å². The summed E-state index contributed by atoms with van der Waals surface area (Å²) in [4.78, 5) is 16.5. The van der Waals surface area contributed by atoms with Crippen molar-refractivity contribution < 1.29 is 14.3 Å². The van der Waals surface area contributed by atoms with E-state index in [1.54, 1.807) is 7.11 Å². The first-order chi connectivity index (χ1) is 12.8. The number of aromatic nitrogens is 2. The summed E-state index contributed by atoms with van der Waals surface area (Å²) in [5.74, 6) is 0.0541. The molecule has 2 saturated heterocycles. The molecule has 2 aliphatic heterocycles. The fourth-order valence-electron chi connectivity index (χ4n) is 3.88. The van der Waals surface area contributed by atoms with Gasteiger partial charge in [0.2, 0.25) is 5.91 Å². The molecule has 0 aliphatic carbocycles. The number of likely N-dealkylation sites (tertiary alicyclic amines) is 1. The van der Waals surface area contributed by atoms with Crippen LogP contribution in [0.1, 0.15) is 5.56 Å². The smallest absolute Gasteiger partial charge is 0.249 e. The van der Waals surface area contributed by atoms with Gasteiger partial charge >= 0.3 is 0 Å². The molecule has 1 amide bonds. The van der Waals surface area contributed by atoms with E-state index in [1.165, 1.54) is 0 Å². The van der Waals surface area contributed by atoms with Gasteiger partial charge in [-0.15, -0.1) is 0 Å². The summed E-state index contributed by atoms with van der Waals surface area (Å²) in [7, 11) is 1.66. The van der Waals surface area contributed by atoms with Crippen molar-refractivity contribution in [1.29, 1.82) is 0 Å². The van der Waals surface area contributed by atoms with Crippen LogP contribution >= 0.6 is 0 Å². The molecule has 0 bridgehead atoms. The van der Waals surface area contributed by atoms with E-state index in [9.17, 15) is 4.79 Å². The number of carbonyl (C=O) groups excluding carboxylic acids is 1. The molecule has 0 spiro atoms. The van der Waals surface area contributed by atoms with Crippen molar-refractivity contribution in [3.8, 4) is 11.3 Å². The summed E-state index contributed by atoms with van der Waals surface area (Å²) in [6.07, 6.45) is 1.95. The van der Waals surface area contributed by atoms with Gasteiger partial charge in [0.05, 0.1) is 30.6 Å². The van der Waals surface area contributed by atoms with Crippen LogP contribution in [-0.2, 0) is 20.8 Å². The number of nitrogens with zero attached hydrogens (tertiary/aromatic N) is 3. The number of fused-ring (bicyclic) bond motifs is 1. The third-order valence-electron chi connectivity index (χ3n) is 5.16. The van der Waals surface area contributed by atoms with Crippen LogP contribution < -0.4 is 0 Å². The van der Waals surface area contributed by atoms with Crippen LogP contribution in [0.15, 0.2) is 36.5 Å². The van der Waals surface area contributed by atoms with Gasteiger partial charge in [-0.05, 0) is 5.56 Å². The molecule has 138 valence electrons. The van der Waals surface area contributed by atoms with E-state index in [0.717, 1.165) is 36.5 Å². The minimum absolute atomic E-state index is 0.0541. The summed E-state index contributed by atoms with van der Waals surface area (Å²) in [6.45, 7) is 3.74. The third kappa shape index (κ3) is 3.38. The normalized spacial score (nSPS) is 23.4. The van der Waals surface area contributed by atoms with Crippen LogP contribution in [0.2, 0.25) is 0 Å². The quantitative estimate of drug-likeness (QED) is 0.840. The average molecular weight is 356 g/mol. The number of rotatable bonds is 6. The van der Waals surface area contributed by atoms with E-state index < -0.39 is 0 Å². The van der Waals surface area contributed by atoms with E-state index in [4.69, 9.17) is 9.47 Å². The van der Waals surface area contributed by atoms with E-state index in [0.29, 0.717) is 13.2 Å². The maximum atomic E-state index is 12.2. The molecule has 1 aromatic carbocycles. The Kier molecular flexibility index (Phi) is 5.01. The lowest BCUT2D eigenvalue weighted by Gasteiger charge is -2.36. The topological polar surface area (TPSA) is 70.7 Å². The molecule has 7 nitrogen and oxygen atoms in total. The zero-order chi connectivity index (χ0) is 17.9. The molecule has 1 N–H and O–H groups in total. The lowest BCUT2D eigenvalue weighted by molar-refractivity contribution is -0.153. The molecule has 3 heterocycles. The molecule has 0 unspecified atom stereocenters. The van der Waals surface area contributed by atoms with Gasteiger partial charge in [0.25, 0.3) is 0 Å². The molecule has 2 aromatic rings. The maximum Gasteiger partial charge on any atom is 0.249 e. The number of methoxy groups -OCH3 is 1. The van der Waals surface area contributed by atoms with Gasteiger partial charge in [-0.25, -0.2) is 0 Å². The highest BCUT2D eigenvalue weighted by Crippen LogP contribution is 2.27. The molecule has 2 fully saturated rings. The van der Waals surface area contributed by atoms with Crippen LogP contribution in [0.3, 0.4) is 0 Å². The largest absolute Gasteiger partial charge is 0.383 e. The first kappa shape index (κ1) is 17.2. The van der Waals surface area contributed by atoms with Crippen LogP contribution in [0, 0.1) is 0 Å². The number of aromatic amines is 1. The minimum Gasteiger partial charge on any atom is -0.383 e. The van der Waals surface area contributed by atoms with Gasteiger partial charge in [0, 0.05) is 38.9 Å². The standard InChI is InChI=1S/C19H24N4O3/c1-25-8-7-23-16-11-22(12-17(16)26-13-18(23)24)10-15-9-20-21-19(15)14-5-3-2-4-6-14/h2-6,9,16-17H,7-8,10-13H2,1H3,(H,20,21)/t16-,17-/m0/s1. The second-order valence-electron chi connectivity index (χ2n) is 6.83. The zero-order valence-corrected chi connectivity index (χ0v) is 14.9. The Labute approximate surface area is 152 Å². The number of H-pyrrole nitrogens is 1. The number of amides is 1. The first-order valence-corrected chi connectivity index (χ1v) is 8.96. The Morgan fingerprint density at radius 2 is 2.15 bits per heavy atom. The minimum atomic E-state index is 0.0541. The predicted molar refractivity (Wildman–Crippen MR) is 96.4 cm³/mol.